The van der Waals surface area contributed by atoms with Gasteiger partial charge in [0, 0.05) is 19.2 Å². The molecule has 0 aliphatic carbocycles. The van der Waals surface area contributed by atoms with E-state index in [4.69, 9.17) is 4.98 Å². The molecule has 5 nitrogen and oxygen atoms in total. The molecule has 4 aromatic rings. The standard InChI is InChI=1S/C29H31N3O2S/c1-19-15-20(2)27(21(3)16-19)31-25(33)18-32(5)28(34)29(4,22-11-7-6-8-12-22)17-26-30-23-13-9-10-14-24(23)35-26/h6-16H,17-18H2,1-5H3,(H,31,33). The monoisotopic (exact) mass is 485 g/mol. The van der Waals surface area contributed by atoms with Gasteiger partial charge in [-0.1, -0.05) is 60.2 Å². The first-order valence-electron chi connectivity index (χ1n) is 11.7. The summed E-state index contributed by atoms with van der Waals surface area (Å²) in [6.07, 6.45) is 0.456. The van der Waals surface area contributed by atoms with Crippen molar-refractivity contribution in [3.63, 3.8) is 0 Å². The molecule has 180 valence electrons. The maximum atomic E-state index is 13.9. The van der Waals surface area contributed by atoms with E-state index in [9.17, 15) is 9.59 Å². The molecule has 0 spiro atoms. The van der Waals surface area contributed by atoms with Crippen LogP contribution in [0.2, 0.25) is 0 Å². The van der Waals surface area contributed by atoms with Crippen molar-refractivity contribution in [1.82, 2.24) is 9.88 Å². The van der Waals surface area contributed by atoms with Crippen molar-refractivity contribution in [3.05, 3.63) is 94.0 Å². The van der Waals surface area contributed by atoms with E-state index in [1.54, 1.807) is 18.4 Å². The lowest BCUT2D eigenvalue weighted by molar-refractivity contribution is -0.138. The fourth-order valence-electron chi connectivity index (χ4n) is 4.67. The van der Waals surface area contributed by atoms with Gasteiger partial charge in [0.15, 0.2) is 0 Å². The van der Waals surface area contributed by atoms with E-state index in [0.29, 0.717) is 6.42 Å². The molecule has 4 rings (SSSR count). The number of benzene rings is 3. The van der Waals surface area contributed by atoms with Gasteiger partial charge in [0.2, 0.25) is 11.8 Å². The third-order valence-electron chi connectivity index (χ3n) is 6.39. The van der Waals surface area contributed by atoms with Crippen molar-refractivity contribution in [3.8, 4) is 0 Å². The molecule has 0 radical (unpaired) electrons. The molecule has 2 amide bonds. The van der Waals surface area contributed by atoms with Gasteiger partial charge in [-0.2, -0.15) is 0 Å². The summed E-state index contributed by atoms with van der Waals surface area (Å²) in [7, 11) is 1.69. The van der Waals surface area contributed by atoms with E-state index in [1.807, 2.05) is 94.4 Å². The third-order valence-corrected chi connectivity index (χ3v) is 7.43. The highest BCUT2D eigenvalue weighted by Gasteiger charge is 2.39. The number of likely N-dealkylation sites (N-methyl/N-ethyl adjacent to an activating group) is 1. The van der Waals surface area contributed by atoms with Gasteiger partial charge in [-0.3, -0.25) is 9.59 Å². The number of aromatic nitrogens is 1. The van der Waals surface area contributed by atoms with Gasteiger partial charge < -0.3 is 10.2 Å². The lowest BCUT2D eigenvalue weighted by Crippen LogP contribution is -2.47. The SMILES string of the molecule is Cc1cc(C)c(NC(=O)CN(C)C(=O)C(C)(Cc2nc3ccccc3s2)c2ccccc2)c(C)c1. The summed E-state index contributed by atoms with van der Waals surface area (Å²) in [4.78, 5) is 33.1. The Balaban J connectivity index is 1.57. The zero-order valence-corrected chi connectivity index (χ0v) is 21.7. The number of aryl methyl sites for hydroxylation is 3. The second-order valence-corrected chi connectivity index (χ2v) is 10.5. The number of nitrogens with one attached hydrogen (secondary N) is 1. The van der Waals surface area contributed by atoms with E-state index < -0.39 is 5.41 Å². The van der Waals surface area contributed by atoms with Crippen molar-refractivity contribution >= 4 is 39.1 Å². The van der Waals surface area contributed by atoms with Gasteiger partial charge in [0.25, 0.3) is 0 Å². The minimum atomic E-state index is -0.861. The van der Waals surface area contributed by atoms with Gasteiger partial charge in [-0.05, 0) is 56.5 Å². The van der Waals surface area contributed by atoms with Crippen LogP contribution in [-0.4, -0.2) is 35.3 Å². The van der Waals surface area contributed by atoms with Crippen LogP contribution in [0.25, 0.3) is 10.2 Å². The van der Waals surface area contributed by atoms with Crippen LogP contribution < -0.4 is 5.32 Å². The van der Waals surface area contributed by atoms with Gasteiger partial charge in [-0.25, -0.2) is 4.98 Å². The molecule has 6 heteroatoms. The summed E-state index contributed by atoms with van der Waals surface area (Å²) < 4.78 is 1.10. The molecule has 0 bridgehead atoms. The Kier molecular flexibility index (Phi) is 7.03. The van der Waals surface area contributed by atoms with E-state index in [2.05, 4.69) is 5.32 Å². The first kappa shape index (κ1) is 24.6. The molecule has 0 saturated carbocycles. The maximum Gasteiger partial charge on any atom is 0.243 e. The highest BCUT2D eigenvalue weighted by molar-refractivity contribution is 7.18. The van der Waals surface area contributed by atoms with E-state index in [0.717, 1.165) is 43.2 Å². The predicted molar refractivity (Wildman–Crippen MR) is 144 cm³/mol. The highest BCUT2D eigenvalue weighted by Crippen LogP contribution is 2.33. The van der Waals surface area contributed by atoms with Crippen LogP contribution in [0.1, 0.15) is 34.2 Å². The normalized spacial score (nSPS) is 12.8. The summed E-state index contributed by atoms with van der Waals surface area (Å²) in [5.74, 6) is -0.332. The number of carbonyl (C=O) groups is 2. The van der Waals surface area contributed by atoms with Crippen LogP contribution >= 0.6 is 11.3 Å². The van der Waals surface area contributed by atoms with Crippen molar-refractivity contribution in [2.24, 2.45) is 0 Å². The molecule has 35 heavy (non-hydrogen) atoms. The van der Waals surface area contributed by atoms with Crippen LogP contribution in [0.15, 0.2) is 66.7 Å². The Morgan fingerprint density at radius 3 is 2.26 bits per heavy atom. The first-order valence-corrected chi connectivity index (χ1v) is 12.5. The fraction of sp³-hybridized carbons (Fsp3) is 0.276. The van der Waals surface area contributed by atoms with Crippen molar-refractivity contribution in [2.45, 2.75) is 39.5 Å². The number of hydrogen-bond acceptors (Lipinski definition) is 4. The topological polar surface area (TPSA) is 62.3 Å². The van der Waals surface area contributed by atoms with E-state index in [-0.39, 0.29) is 18.4 Å². The number of amides is 2. The number of rotatable bonds is 7. The van der Waals surface area contributed by atoms with Crippen LogP contribution in [0.5, 0.6) is 0 Å². The Morgan fingerprint density at radius 1 is 0.971 bits per heavy atom. The quantitative estimate of drug-likeness (QED) is 0.359. The molecule has 1 N–H and O–H groups in total. The molecule has 1 heterocycles. The molecule has 1 atom stereocenters. The lowest BCUT2D eigenvalue weighted by atomic mass is 9.78. The number of thiazole rings is 1. The summed E-state index contributed by atoms with van der Waals surface area (Å²) in [6.45, 7) is 7.91. The van der Waals surface area contributed by atoms with Crippen molar-refractivity contribution in [1.29, 1.82) is 0 Å². The van der Waals surface area contributed by atoms with Crippen LogP contribution in [0.3, 0.4) is 0 Å². The second kappa shape index (κ2) is 10.0. The largest absolute Gasteiger partial charge is 0.336 e. The highest BCUT2D eigenvalue weighted by atomic mass is 32.1. The molecule has 0 aliphatic rings. The summed E-state index contributed by atoms with van der Waals surface area (Å²) in [5, 5.41) is 3.90. The zero-order valence-electron chi connectivity index (χ0n) is 20.9. The van der Waals surface area contributed by atoms with Crippen LogP contribution in [0.4, 0.5) is 5.69 Å². The third kappa shape index (κ3) is 5.28. The molecular weight excluding hydrogens is 454 g/mol. The predicted octanol–water partition coefficient (Wildman–Crippen LogP) is 5.82. The van der Waals surface area contributed by atoms with Crippen molar-refractivity contribution < 1.29 is 9.59 Å². The molecule has 0 saturated heterocycles. The summed E-state index contributed by atoms with van der Waals surface area (Å²) >= 11 is 1.61. The number of hydrogen-bond donors (Lipinski definition) is 1. The minimum Gasteiger partial charge on any atom is -0.336 e. The summed E-state index contributed by atoms with van der Waals surface area (Å²) in [6, 6.07) is 21.8. The number of nitrogens with zero attached hydrogens (tertiary/aromatic N) is 2. The Hall–Kier alpha value is -3.51. The number of para-hydroxylation sites is 1. The number of carbonyl (C=O) groups excluding carboxylic acids is 2. The van der Waals surface area contributed by atoms with Gasteiger partial charge >= 0.3 is 0 Å². The molecule has 1 aromatic heterocycles. The summed E-state index contributed by atoms with van der Waals surface area (Å²) in [5.41, 5.74) is 4.96. The maximum absolute atomic E-state index is 13.9. The average Bonchev–Trinajstić information content (AvgIpc) is 3.23. The number of fused-ring (bicyclic) bond motifs is 1. The Morgan fingerprint density at radius 2 is 1.60 bits per heavy atom. The van der Waals surface area contributed by atoms with Crippen LogP contribution in [-0.2, 0) is 21.4 Å². The Labute approximate surface area is 210 Å². The molecule has 0 fully saturated rings. The second-order valence-electron chi connectivity index (χ2n) is 9.43. The first-order chi connectivity index (χ1) is 16.7. The van der Waals surface area contributed by atoms with Gasteiger partial charge in [0.1, 0.15) is 0 Å². The fourth-order valence-corrected chi connectivity index (χ4v) is 5.79. The van der Waals surface area contributed by atoms with Gasteiger partial charge in [0.05, 0.1) is 27.2 Å². The molecule has 1 unspecified atom stereocenters. The van der Waals surface area contributed by atoms with E-state index >= 15 is 0 Å². The van der Waals surface area contributed by atoms with E-state index in [1.165, 1.54) is 4.90 Å². The average molecular weight is 486 g/mol. The molecular formula is C29H31N3O2S. The Bertz CT molecular complexity index is 1320. The molecule has 3 aromatic carbocycles. The zero-order chi connectivity index (χ0) is 25.2. The van der Waals surface area contributed by atoms with Gasteiger partial charge in [-0.15, -0.1) is 11.3 Å². The lowest BCUT2D eigenvalue weighted by Gasteiger charge is -2.32. The van der Waals surface area contributed by atoms with Crippen LogP contribution in [0, 0.1) is 20.8 Å². The number of anilines is 1. The minimum absolute atomic E-state index is 0.0339. The van der Waals surface area contributed by atoms with Crippen molar-refractivity contribution in [2.75, 3.05) is 18.9 Å². The smallest absolute Gasteiger partial charge is 0.243 e. The molecule has 0 aliphatic heterocycles.